The van der Waals surface area contributed by atoms with Gasteiger partial charge in [-0.25, -0.2) is 4.39 Å². The first-order valence-corrected chi connectivity index (χ1v) is 8.27. The SMILES string of the molecule is Cc1cc(F)ccc1CN1CC(=O)N(c2ccc(C#N)cc2)C[C@H]1C. The molecular formula is C20H20FN3O. The maximum Gasteiger partial charge on any atom is 0.241 e. The van der Waals surface area contributed by atoms with Gasteiger partial charge in [0.1, 0.15) is 5.82 Å². The van der Waals surface area contributed by atoms with Gasteiger partial charge in [-0.1, -0.05) is 6.07 Å². The van der Waals surface area contributed by atoms with Crippen LogP contribution in [-0.2, 0) is 11.3 Å². The molecule has 1 atom stereocenters. The molecule has 0 unspecified atom stereocenters. The van der Waals surface area contributed by atoms with Crippen molar-refractivity contribution in [3.63, 3.8) is 0 Å². The highest BCUT2D eigenvalue weighted by molar-refractivity contribution is 5.95. The predicted octanol–water partition coefficient (Wildman–Crippen LogP) is 3.24. The molecule has 0 aromatic heterocycles. The van der Waals surface area contributed by atoms with Crippen LogP contribution in [0.3, 0.4) is 0 Å². The van der Waals surface area contributed by atoms with Gasteiger partial charge in [0.15, 0.2) is 0 Å². The second-order valence-corrected chi connectivity index (χ2v) is 6.49. The zero-order valence-corrected chi connectivity index (χ0v) is 14.4. The van der Waals surface area contributed by atoms with Crippen molar-refractivity contribution in [2.24, 2.45) is 0 Å². The molecule has 1 saturated heterocycles. The number of rotatable bonds is 3. The molecule has 1 aliphatic rings. The molecule has 1 aliphatic heterocycles. The maximum atomic E-state index is 13.3. The summed E-state index contributed by atoms with van der Waals surface area (Å²) in [5, 5.41) is 8.89. The van der Waals surface area contributed by atoms with Gasteiger partial charge in [0.25, 0.3) is 0 Å². The van der Waals surface area contributed by atoms with Crippen molar-refractivity contribution < 1.29 is 9.18 Å². The molecule has 5 heteroatoms. The van der Waals surface area contributed by atoms with E-state index in [0.29, 0.717) is 25.2 Å². The summed E-state index contributed by atoms with van der Waals surface area (Å²) in [4.78, 5) is 16.5. The first-order chi connectivity index (χ1) is 12.0. The standard InChI is InChI=1S/C20H20FN3O/c1-14-9-18(21)6-5-17(14)12-23-13-20(25)24(11-15(23)2)19-7-3-16(10-22)4-8-19/h3-9,15H,11-13H2,1-2H3/t15-/m1/s1. The van der Waals surface area contributed by atoms with Crippen molar-refractivity contribution in [2.75, 3.05) is 18.0 Å². The number of aryl methyl sites for hydroxylation is 1. The second kappa shape index (κ2) is 7.04. The molecule has 0 N–H and O–H groups in total. The minimum atomic E-state index is -0.240. The summed E-state index contributed by atoms with van der Waals surface area (Å²) in [6.07, 6.45) is 0. The number of halogens is 1. The van der Waals surface area contributed by atoms with E-state index in [1.54, 1.807) is 23.1 Å². The normalized spacial score (nSPS) is 18.2. The highest BCUT2D eigenvalue weighted by Crippen LogP contribution is 2.23. The maximum absolute atomic E-state index is 13.3. The molecule has 128 valence electrons. The Hall–Kier alpha value is -2.71. The Kier molecular flexibility index (Phi) is 4.82. The van der Waals surface area contributed by atoms with Gasteiger partial charge >= 0.3 is 0 Å². The Morgan fingerprint density at radius 2 is 1.96 bits per heavy atom. The second-order valence-electron chi connectivity index (χ2n) is 6.49. The summed E-state index contributed by atoms with van der Waals surface area (Å²) >= 11 is 0. The fraction of sp³-hybridized carbons (Fsp3) is 0.300. The number of piperazine rings is 1. The van der Waals surface area contributed by atoms with Crippen LogP contribution in [0.25, 0.3) is 0 Å². The van der Waals surface area contributed by atoms with Gasteiger partial charge in [-0.05, 0) is 61.4 Å². The summed E-state index contributed by atoms with van der Waals surface area (Å²) in [5.74, 6) is -0.210. The van der Waals surface area contributed by atoms with E-state index in [-0.39, 0.29) is 17.8 Å². The van der Waals surface area contributed by atoms with Crippen LogP contribution in [0.2, 0.25) is 0 Å². The molecule has 1 heterocycles. The fourth-order valence-electron chi connectivity index (χ4n) is 3.13. The third kappa shape index (κ3) is 3.70. The molecule has 0 aliphatic carbocycles. The summed E-state index contributed by atoms with van der Waals surface area (Å²) in [5.41, 5.74) is 3.32. The monoisotopic (exact) mass is 337 g/mol. The smallest absolute Gasteiger partial charge is 0.241 e. The zero-order chi connectivity index (χ0) is 18.0. The van der Waals surface area contributed by atoms with Gasteiger partial charge in [-0.15, -0.1) is 0 Å². The first kappa shape index (κ1) is 17.1. The third-order valence-electron chi connectivity index (χ3n) is 4.70. The van der Waals surface area contributed by atoms with Gasteiger partial charge in [0.05, 0.1) is 18.2 Å². The van der Waals surface area contributed by atoms with Crippen LogP contribution in [0, 0.1) is 24.1 Å². The Balaban J connectivity index is 1.73. The molecule has 3 rings (SSSR count). The number of hydrogen-bond acceptors (Lipinski definition) is 3. The van der Waals surface area contributed by atoms with E-state index >= 15 is 0 Å². The lowest BCUT2D eigenvalue weighted by Gasteiger charge is -2.39. The summed E-state index contributed by atoms with van der Waals surface area (Å²) in [7, 11) is 0. The Bertz CT molecular complexity index is 826. The lowest BCUT2D eigenvalue weighted by Crippen LogP contribution is -2.54. The van der Waals surface area contributed by atoms with Gasteiger partial charge in [0, 0.05) is 24.8 Å². The number of carbonyl (C=O) groups excluding carboxylic acids is 1. The van der Waals surface area contributed by atoms with E-state index in [0.717, 1.165) is 16.8 Å². The van der Waals surface area contributed by atoms with E-state index in [1.165, 1.54) is 12.1 Å². The lowest BCUT2D eigenvalue weighted by molar-refractivity contribution is -0.122. The number of hydrogen-bond donors (Lipinski definition) is 0. The number of nitrogens with zero attached hydrogens (tertiary/aromatic N) is 3. The van der Waals surface area contributed by atoms with E-state index < -0.39 is 0 Å². The molecule has 1 fully saturated rings. The predicted molar refractivity (Wildman–Crippen MR) is 94.5 cm³/mol. The van der Waals surface area contributed by atoms with Crippen LogP contribution >= 0.6 is 0 Å². The number of amides is 1. The number of benzene rings is 2. The molecular weight excluding hydrogens is 317 g/mol. The Morgan fingerprint density at radius 3 is 2.60 bits per heavy atom. The van der Waals surface area contributed by atoms with Crippen LogP contribution in [0.5, 0.6) is 0 Å². The zero-order valence-electron chi connectivity index (χ0n) is 14.4. The van der Waals surface area contributed by atoms with Crippen LogP contribution in [0.15, 0.2) is 42.5 Å². The van der Waals surface area contributed by atoms with Gasteiger partial charge in [-0.2, -0.15) is 5.26 Å². The van der Waals surface area contributed by atoms with Crippen LogP contribution in [0.1, 0.15) is 23.6 Å². The summed E-state index contributed by atoms with van der Waals surface area (Å²) in [6.45, 7) is 5.50. The first-order valence-electron chi connectivity index (χ1n) is 8.27. The number of anilines is 1. The molecule has 0 saturated carbocycles. The fourth-order valence-corrected chi connectivity index (χ4v) is 3.13. The van der Waals surface area contributed by atoms with E-state index in [2.05, 4.69) is 17.9 Å². The quantitative estimate of drug-likeness (QED) is 0.864. The van der Waals surface area contributed by atoms with Gasteiger partial charge in [0.2, 0.25) is 5.91 Å². The minimum absolute atomic E-state index is 0.0302. The van der Waals surface area contributed by atoms with Crippen molar-refractivity contribution in [2.45, 2.75) is 26.4 Å². The summed E-state index contributed by atoms with van der Waals surface area (Å²) < 4.78 is 13.3. The van der Waals surface area contributed by atoms with Crippen LogP contribution < -0.4 is 4.90 Å². The van der Waals surface area contributed by atoms with E-state index in [9.17, 15) is 9.18 Å². The van der Waals surface area contributed by atoms with Crippen molar-refractivity contribution in [3.8, 4) is 6.07 Å². The molecule has 0 radical (unpaired) electrons. The molecule has 0 spiro atoms. The van der Waals surface area contributed by atoms with E-state index in [4.69, 9.17) is 5.26 Å². The largest absolute Gasteiger partial charge is 0.310 e. The Labute approximate surface area is 147 Å². The van der Waals surface area contributed by atoms with Crippen LogP contribution in [0.4, 0.5) is 10.1 Å². The van der Waals surface area contributed by atoms with Crippen molar-refractivity contribution in [3.05, 3.63) is 65.0 Å². The highest BCUT2D eigenvalue weighted by Gasteiger charge is 2.30. The van der Waals surface area contributed by atoms with Crippen molar-refractivity contribution in [1.82, 2.24) is 4.90 Å². The third-order valence-corrected chi connectivity index (χ3v) is 4.70. The molecule has 25 heavy (non-hydrogen) atoms. The number of carbonyl (C=O) groups is 1. The van der Waals surface area contributed by atoms with Crippen LogP contribution in [-0.4, -0.2) is 29.9 Å². The van der Waals surface area contributed by atoms with E-state index in [1.807, 2.05) is 19.1 Å². The lowest BCUT2D eigenvalue weighted by atomic mass is 10.1. The van der Waals surface area contributed by atoms with Crippen molar-refractivity contribution >= 4 is 11.6 Å². The van der Waals surface area contributed by atoms with Gasteiger partial charge < -0.3 is 4.90 Å². The topological polar surface area (TPSA) is 47.3 Å². The minimum Gasteiger partial charge on any atom is -0.310 e. The molecule has 0 bridgehead atoms. The highest BCUT2D eigenvalue weighted by atomic mass is 19.1. The Morgan fingerprint density at radius 1 is 1.24 bits per heavy atom. The van der Waals surface area contributed by atoms with Gasteiger partial charge in [-0.3, -0.25) is 9.69 Å². The average Bonchev–Trinajstić information content (AvgIpc) is 2.60. The molecule has 2 aromatic rings. The van der Waals surface area contributed by atoms with Crippen molar-refractivity contribution in [1.29, 1.82) is 5.26 Å². The molecule has 1 amide bonds. The molecule has 2 aromatic carbocycles. The molecule has 4 nitrogen and oxygen atoms in total. The summed E-state index contributed by atoms with van der Waals surface area (Å²) in [6, 6.07) is 14.1. The average molecular weight is 337 g/mol. The number of nitriles is 1.